The smallest absolute Gasteiger partial charge is 0.224 e. The number of carbonyl (C=O) groups excluding carboxylic acids is 1. The van der Waals surface area contributed by atoms with E-state index < -0.39 is 0 Å². The standard InChI is InChI=1S/C10H9FINO/c11-8-4-6(5-12)3-7-1-2-9(14)13-10(7)8/h3-4H,1-2,5H2,(H,13,14). The van der Waals surface area contributed by atoms with Crippen molar-refractivity contribution < 1.29 is 9.18 Å². The van der Waals surface area contributed by atoms with E-state index in [1.807, 2.05) is 6.07 Å². The van der Waals surface area contributed by atoms with Gasteiger partial charge in [-0.25, -0.2) is 4.39 Å². The summed E-state index contributed by atoms with van der Waals surface area (Å²) in [4.78, 5) is 11.1. The van der Waals surface area contributed by atoms with E-state index in [1.165, 1.54) is 6.07 Å². The van der Waals surface area contributed by atoms with Crippen molar-refractivity contribution >= 4 is 34.2 Å². The molecular weight excluding hydrogens is 296 g/mol. The highest BCUT2D eigenvalue weighted by Crippen LogP contribution is 2.27. The second-order valence-electron chi connectivity index (χ2n) is 3.29. The van der Waals surface area contributed by atoms with Crippen molar-refractivity contribution in [2.75, 3.05) is 5.32 Å². The van der Waals surface area contributed by atoms with Gasteiger partial charge in [-0.05, 0) is 23.6 Å². The Labute approximate surface area is 95.0 Å². The lowest BCUT2D eigenvalue weighted by molar-refractivity contribution is -0.116. The minimum absolute atomic E-state index is 0.0985. The van der Waals surface area contributed by atoms with Crippen LogP contribution in [0.4, 0.5) is 10.1 Å². The zero-order valence-electron chi connectivity index (χ0n) is 7.44. The van der Waals surface area contributed by atoms with E-state index in [-0.39, 0.29) is 11.7 Å². The van der Waals surface area contributed by atoms with E-state index >= 15 is 0 Å². The molecule has 74 valence electrons. The third kappa shape index (κ3) is 1.75. The average Bonchev–Trinajstić information content (AvgIpc) is 2.19. The molecule has 1 aromatic rings. The normalized spacial score (nSPS) is 14.9. The Balaban J connectivity index is 2.48. The van der Waals surface area contributed by atoms with Crippen molar-refractivity contribution in [3.8, 4) is 0 Å². The summed E-state index contributed by atoms with van der Waals surface area (Å²) in [5.74, 6) is -0.416. The highest BCUT2D eigenvalue weighted by atomic mass is 127. The molecule has 1 aromatic carbocycles. The van der Waals surface area contributed by atoms with Crippen LogP contribution in [0.1, 0.15) is 17.5 Å². The van der Waals surface area contributed by atoms with Crippen LogP contribution in [-0.4, -0.2) is 5.91 Å². The summed E-state index contributed by atoms with van der Waals surface area (Å²) < 4.78 is 14.3. The number of hydrogen-bond donors (Lipinski definition) is 1. The molecule has 0 aromatic heterocycles. The third-order valence-corrected chi connectivity index (χ3v) is 3.15. The SMILES string of the molecule is O=C1CCc2cc(CI)cc(F)c2N1. The Kier molecular flexibility index (Phi) is 2.71. The molecule has 0 bridgehead atoms. The van der Waals surface area contributed by atoms with Gasteiger partial charge in [-0.1, -0.05) is 28.7 Å². The Morgan fingerprint density at radius 3 is 2.93 bits per heavy atom. The van der Waals surface area contributed by atoms with Gasteiger partial charge in [0.15, 0.2) is 0 Å². The predicted molar refractivity (Wildman–Crippen MR) is 61.1 cm³/mol. The van der Waals surface area contributed by atoms with Gasteiger partial charge in [0, 0.05) is 10.8 Å². The minimum atomic E-state index is -0.317. The minimum Gasteiger partial charge on any atom is -0.323 e. The number of anilines is 1. The Hall–Kier alpha value is -0.650. The van der Waals surface area contributed by atoms with Gasteiger partial charge in [0.2, 0.25) is 5.91 Å². The number of rotatable bonds is 1. The number of carbonyl (C=O) groups is 1. The second kappa shape index (κ2) is 3.84. The van der Waals surface area contributed by atoms with Crippen molar-refractivity contribution in [3.63, 3.8) is 0 Å². The molecule has 2 nitrogen and oxygen atoms in total. The molecule has 0 radical (unpaired) electrons. The first-order chi connectivity index (χ1) is 6.70. The summed E-state index contributed by atoms with van der Waals surface area (Å²) in [6, 6.07) is 3.45. The molecule has 0 aliphatic carbocycles. The fourth-order valence-electron chi connectivity index (χ4n) is 1.59. The van der Waals surface area contributed by atoms with E-state index in [4.69, 9.17) is 0 Å². The number of aryl methyl sites for hydroxylation is 1. The predicted octanol–water partition coefficient (Wildman–Crippen LogP) is 2.65. The van der Waals surface area contributed by atoms with Crippen LogP contribution < -0.4 is 5.32 Å². The van der Waals surface area contributed by atoms with Crippen molar-refractivity contribution in [3.05, 3.63) is 29.1 Å². The van der Waals surface area contributed by atoms with Crippen LogP contribution >= 0.6 is 22.6 Å². The number of alkyl halides is 1. The van der Waals surface area contributed by atoms with Gasteiger partial charge >= 0.3 is 0 Å². The fourth-order valence-corrected chi connectivity index (χ4v) is 2.03. The van der Waals surface area contributed by atoms with Gasteiger partial charge in [-0.3, -0.25) is 4.79 Å². The molecule has 1 aliphatic heterocycles. The maximum atomic E-state index is 13.5. The number of amides is 1. The number of hydrogen-bond acceptors (Lipinski definition) is 1. The quantitative estimate of drug-likeness (QED) is 0.627. The van der Waals surface area contributed by atoms with E-state index in [0.717, 1.165) is 15.6 Å². The highest BCUT2D eigenvalue weighted by molar-refractivity contribution is 14.1. The molecule has 1 N–H and O–H groups in total. The van der Waals surface area contributed by atoms with Gasteiger partial charge in [0.1, 0.15) is 5.82 Å². The summed E-state index contributed by atoms with van der Waals surface area (Å²) in [5, 5.41) is 2.56. The molecule has 1 aliphatic rings. The van der Waals surface area contributed by atoms with E-state index in [1.54, 1.807) is 0 Å². The Bertz CT molecular complexity index is 392. The lowest BCUT2D eigenvalue weighted by Crippen LogP contribution is -2.20. The van der Waals surface area contributed by atoms with Crippen molar-refractivity contribution in [1.82, 2.24) is 0 Å². The largest absolute Gasteiger partial charge is 0.323 e. The van der Waals surface area contributed by atoms with Crippen LogP contribution in [0.15, 0.2) is 12.1 Å². The maximum absolute atomic E-state index is 13.5. The van der Waals surface area contributed by atoms with Gasteiger partial charge < -0.3 is 5.32 Å². The fraction of sp³-hybridized carbons (Fsp3) is 0.300. The topological polar surface area (TPSA) is 29.1 Å². The molecule has 1 amide bonds. The van der Waals surface area contributed by atoms with E-state index in [9.17, 15) is 9.18 Å². The van der Waals surface area contributed by atoms with Crippen LogP contribution in [0.3, 0.4) is 0 Å². The molecule has 14 heavy (non-hydrogen) atoms. The van der Waals surface area contributed by atoms with Crippen LogP contribution in [0, 0.1) is 5.82 Å². The Morgan fingerprint density at radius 1 is 1.43 bits per heavy atom. The van der Waals surface area contributed by atoms with Gasteiger partial charge in [-0.15, -0.1) is 0 Å². The van der Waals surface area contributed by atoms with E-state index in [2.05, 4.69) is 27.9 Å². The first kappa shape index (κ1) is 9.89. The third-order valence-electron chi connectivity index (χ3n) is 2.27. The van der Waals surface area contributed by atoms with Crippen LogP contribution in [-0.2, 0) is 15.6 Å². The number of fused-ring (bicyclic) bond motifs is 1. The summed E-state index contributed by atoms with van der Waals surface area (Å²) >= 11 is 2.19. The Morgan fingerprint density at radius 2 is 2.21 bits per heavy atom. The number of benzene rings is 1. The first-order valence-corrected chi connectivity index (χ1v) is 5.90. The molecule has 0 saturated heterocycles. The monoisotopic (exact) mass is 305 g/mol. The van der Waals surface area contributed by atoms with Crippen LogP contribution in [0.2, 0.25) is 0 Å². The van der Waals surface area contributed by atoms with Crippen LogP contribution in [0.5, 0.6) is 0 Å². The number of halogens is 2. The van der Waals surface area contributed by atoms with Gasteiger partial charge in [0.25, 0.3) is 0 Å². The van der Waals surface area contributed by atoms with Crippen molar-refractivity contribution in [2.45, 2.75) is 17.3 Å². The van der Waals surface area contributed by atoms with Crippen molar-refractivity contribution in [2.24, 2.45) is 0 Å². The molecule has 4 heteroatoms. The molecule has 0 saturated carbocycles. The average molecular weight is 305 g/mol. The zero-order chi connectivity index (χ0) is 10.1. The lowest BCUT2D eigenvalue weighted by Gasteiger charge is -2.18. The van der Waals surface area contributed by atoms with Gasteiger partial charge in [0.05, 0.1) is 5.69 Å². The summed E-state index contributed by atoms with van der Waals surface area (Å²) in [6.45, 7) is 0. The molecule has 0 spiro atoms. The summed E-state index contributed by atoms with van der Waals surface area (Å²) in [6.07, 6.45) is 1.10. The molecule has 1 heterocycles. The lowest BCUT2D eigenvalue weighted by atomic mass is 10.0. The van der Waals surface area contributed by atoms with Crippen LogP contribution in [0.25, 0.3) is 0 Å². The molecule has 0 unspecified atom stereocenters. The second-order valence-corrected chi connectivity index (χ2v) is 4.06. The maximum Gasteiger partial charge on any atom is 0.224 e. The van der Waals surface area contributed by atoms with Gasteiger partial charge in [-0.2, -0.15) is 0 Å². The number of nitrogens with one attached hydrogen (secondary N) is 1. The molecule has 0 atom stereocenters. The highest BCUT2D eigenvalue weighted by Gasteiger charge is 2.18. The summed E-state index contributed by atoms with van der Waals surface area (Å²) in [7, 11) is 0. The van der Waals surface area contributed by atoms with E-state index in [0.29, 0.717) is 18.5 Å². The molecule has 0 fully saturated rings. The summed E-state index contributed by atoms with van der Waals surface area (Å²) in [5.41, 5.74) is 2.25. The molecule has 2 rings (SSSR count). The molecular formula is C10H9FINO. The zero-order valence-corrected chi connectivity index (χ0v) is 9.60. The van der Waals surface area contributed by atoms with Crippen molar-refractivity contribution in [1.29, 1.82) is 0 Å². The first-order valence-electron chi connectivity index (χ1n) is 4.38.